The van der Waals surface area contributed by atoms with E-state index in [9.17, 15) is 44.2 Å². The van der Waals surface area contributed by atoms with Gasteiger partial charge in [-0.15, -0.1) is 0 Å². The van der Waals surface area contributed by atoms with Gasteiger partial charge in [-0.1, -0.05) is 34.5 Å². The maximum Gasteiger partial charge on any atom is 0.515 e. The van der Waals surface area contributed by atoms with Gasteiger partial charge in [0.15, 0.2) is 32.6 Å². The van der Waals surface area contributed by atoms with Crippen LogP contribution in [-0.2, 0) is 19.9 Å². The van der Waals surface area contributed by atoms with E-state index in [1.165, 1.54) is 0 Å². The van der Waals surface area contributed by atoms with Gasteiger partial charge in [-0.25, -0.2) is 22.0 Å². The summed E-state index contributed by atoms with van der Waals surface area (Å²) < 4.78 is 110. The van der Waals surface area contributed by atoms with E-state index < -0.39 is 51.5 Å². The monoisotopic (exact) mass is 506 g/mol. The molecule has 0 aromatic heterocycles. The zero-order valence-electron chi connectivity index (χ0n) is 17.3. The summed E-state index contributed by atoms with van der Waals surface area (Å²) in [6.07, 6.45) is 1.66. The standard InChI is InChI=1S/C16H14O2S.C6BF8/c1-19(18,12-11-14-5-3-2-4-6-14)13-15-7-9-16(17)10-8-15;8-2-1(7(13,14)15)3(9)5(11)6(12)4(2)10/h2-10H,13H2,1H3;/q;-1/p+1. The first-order chi connectivity index (χ1) is 15.7. The predicted octanol–water partition coefficient (Wildman–Crippen LogP) is 5.47. The van der Waals surface area contributed by atoms with Crippen LogP contribution in [0, 0.1) is 40.3 Å². The average Bonchev–Trinajstić information content (AvgIpc) is 2.77. The first-order valence-electron chi connectivity index (χ1n) is 9.27. The van der Waals surface area contributed by atoms with Crippen molar-refractivity contribution in [2.45, 2.75) is 5.75 Å². The molecule has 12 heteroatoms. The van der Waals surface area contributed by atoms with Gasteiger partial charge >= 0.3 is 6.98 Å². The summed E-state index contributed by atoms with van der Waals surface area (Å²) in [6.45, 7) is -6.30. The first kappa shape index (κ1) is 26.9. The molecule has 0 radical (unpaired) electrons. The Labute approximate surface area is 190 Å². The molecule has 0 amide bonds. The normalized spacial score (nSPS) is 12.6. The van der Waals surface area contributed by atoms with Crippen LogP contribution in [0.5, 0.6) is 5.75 Å². The van der Waals surface area contributed by atoms with Gasteiger partial charge in [-0.2, -0.15) is 0 Å². The van der Waals surface area contributed by atoms with Gasteiger partial charge in [0.1, 0.15) is 29.4 Å². The maximum absolute atomic E-state index is 12.5. The molecule has 0 saturated heterocycles. The lowest BCUT2D eigenvalue weighted by Crippen LogP contribution is -2.41. The van der Waals surface area contributed by atoms with Crippen molar-refractivity contribution in [3.8, 4) is 16.9 Å². The highest BCUT2D eigenvalue weighted by atomic mass is 32.2. The Kier molecular flexibility index (Phi) is 8.50. The maximum atomic E-state index is 12.5. The van der Waals surface area contributed by atoms with Crippen LogP contribution in [0.15, 0.2) is 54.6 Å². The van der Waals surface area contributed by atoms with Gasteiger partial charge in [-0.05, 0) is 35.6 Å². The molecule has 34 heavy (non-hydrogen) atoms. The molecule has 0 heterocycles. The van der Waals surface area contributed by atoms with Gasteiger partial charge in [-0.3, -0.25) is 0 Å². The fourth-order valence-corrected chi connectivity index (χ4v) is 3.78. The van der Waals surface area contributed by atoms with Crippen molar-refractivity contribution in [3.05, 3.63) is 94.8 Å². The summed E-state index contributed by atoms with van der Waals surface area (Å²) in [6, 6.07) is 16.2. The second kappa shape index (κ2) is 10.7. The fraction of sp³-hybridized carbons (Fsp3) is 0.0909. The van der Waals surface area contributed by atoms with Crippen LogP contribution >= 0.6 is 0 Å². The number of phenols is 1. The first-order valence-corrected chi connectivity index (χ1v) is 11.4. The second-order valence-corrected chi connectivity index (χ2v) is 9.47. The van der Waals surface area contributed by atoms with Crippen LogP contribution < -0.4 is 5.46 Å². The van der Waals surface area contributed by atoms with E-state index in [1.54, 1.807) is 30.5 Å². The minimum atomic E-state index is -6.30. The van der Waals surface area contributed by atoms with Crippen LogP contribution in [0.2, 0.25) is 0 Å². The van der Waals surface area contributed by atoms with E-state index in [2.05, 4.69) is 11.2 Å². The molecule has 0 spiro atoms. The predicted molar refractivity (Wildman–Crippen MR) is 114 cm³/mol. The highest BCUT2D eigenvalue weighted by Gasteiger charge is 2.37. The van der Waals surface area contributed by atoms with E-state index in [0.717, 1.165) is 11.1 Å². The molecule has 2 nitrogen and oxygen atoms in total. The third kappa shape index (κ3) is 7.09. The topological polar surface area (TPSA) is 37.3 Å². The van der Waals surface area contributed by atoms with Crippen molar-refractivity contribution in [2.24, 2.45) is 0 Å². The van der Waals surface area contributed by atoms with Crippen molar-refractivity contribution in [2.75, 3.05) is 6.26 Å². The summed E-state index contributed by atoms with van der Waals surface area (Å²) >= 11 is 0. The highest BCUT2D eigenvalue weighted by molar-refractivity contribution is 8.05. The Morgan fingerprint density at radius 2 is 1.26 bits per heavy atom. The third-order valence-electron chi connectivity index (χ3n) is 4.13. The van der Waals surface area contributed by atoms with E-state index in [0.29, 0.717) is 5.75 Å². The van der Waals surface area contributed by atoms with Gasteiger partial charge in [0.2, 0.25) is 0 Å². The molecule has 3 aromatic rings. The van der Waals surface area contributed by atoms with Crippen LogP contribution in [0.4, 0.5) is 34.9 Å². The molecular weight excluding hydrogens is 491 g/mol. The second-order valence-electron chi connectivity index (χ2n) is 6.97. The Bertz CT molecular complexity index is 1240. The highest BCUT2D eigenvalue weighted by Crippen LogP contribution is 2.21. The summed E-state index contributed by atoms with van der Waals surface area (Å²) in [7, 11) is -2.24. The van der Waals surface area contributed by atoms with Crippen molar-refractivity contribution in [1.82, 2.24) is 0 Å². The summed E-state index contributed by atoms with van der Waals surface area (Å²) in [5, 5.41) is 12.1. The van der Waals surface area contributed by atoms with Gasteiger partial charge in [0, 0.05) is 11.1 Å². The molecule has 0 saturated carbocycles. The number of hydrogen-bond acceptors (Lipinski definition) is 2. The quantitative estimate of drug-likeness (QED) is 0.128. The molecule has 0 bridgehead atoms. The Balaban J connectivity index is 0.000000248. The van der Waals surface area contributed by atoms with E-state index in [4.69, 9.17) is 0 Å². The largest absolute Gasteiger partial charge is 0.515 e. The molecule has 1 unspecified atom stereocenters. The smallest absolute Gasteiger partial charge is 0.508 e. The molecule has 0 aliphatic heterocycles. The van der Waals surface area contributed by atoms with Crippen LogP contribution in [-0.4, -0.2) is 18.3 Å². The lowest BCUT2D eigenvalue weighted by atomic mass is 9.79. The number of halogens is 8. The van der Waals surface area contributed by atoms with Crippen molar-refractivity contribution in [3.63, 3.8) is 0 Å². The Morgan fingerprint density at radius 3 is 1.74 bits per heavy atom. The molecule has 1 N–H and O–H groups in total. The molecule has 1 atom stereocenters. The van der Waals surface area contributed by atoms with Crippen LogP contribution in [0.3, 0.4) is 0 Å². The minimum absolute atomic E-state index is 0.210. The summed E-state index contributed by atoms with van der Waals surface area (Å²) in [4.78, 5) is 0. The minimum Gasteiger partial charge on any atom is -0.508 e. The van der Waals surface area contributed by atoms with Crippen LogP contribution in [0.25, 0.3) is 0 Å². The zero-order valence-corrected chi connectivity index (χ0v) is 18.1. The molecular formula is C22H15BF8O2S. The molecule has 0 fully saturated rings. The molecule has 0 aliphatic carbocycles. The van der Waals surface area contributed by atoms with Gasteiger partial charge in [0.25, 0.3) is 0 Å². The van der Waals surface area contributed by atoms with Crippen molar-refractivity contribution < 1.29 is 44.2 Å². The van der Waals surface area contributed by atoms with E-state index in [1.807, 2.05) is 30.3 Å². The number of rotatable bonds is 3. The SMILES string of the molecule is C[S+](=O)(C#Cc1ccccc1)Cc1ccc(O)cc1.Fc1c(F)c(F)c([B-](F)(F)F)c(F)c1F. The number of phenolic OH excluding ortho intramolecular Hbond substituents is 1. The molecule has 3 aromatic carbocycles. The van der Waals surface area contributed by atoms with Gasteiger partial charge < -0.3 is 18.1 Å². The third-order valence-corrected chi connectivity index (χ3v) is 5.55. The molecule has 0 aliphatic rings. The van der Waals surface area contributed by atoms with E-state index >= 15 is 0 Å². The zero-order chi connectivity index (χ0) is 25.7. The molecule has 180 valence electrons. The van der Waals surface area contributed by atoms with Crippen molar-refractivity contribution in [1.29, 1.82) is 0 Å². The van der Waals surface area contributed by atoms with E-state index in [-0.39, 0.29) is 5.75 Å². The Morgan fingerprint density at radius 1 is 0.794 bits per heavy atom. The number of hydrogen-bond donors (Lipinski definition) is 1. The number of benzene rings is 3. The number of aromatic hydroxyl groups is 1. The van der Waals surface area contributed by atoms with Crippen LogP contribution in [0.1, 0.15) is 11.1 Å². The van der Waals surface area contributed by atoms with Crippen molar-refractivity contribution >= 4 is 22.4 Å². The lowest BCUT2D eigenvalue weighted by molar-refractivity contribution is 0.377. The average molecular weight is 506 g/mol. The molecule has 3 rings (SSSR count). The summed E-state index contributed by atoms with van der Waals surface area (Å²) in [5.41, 5.74) is -0.957. The van der Waals surface area contributed by atoms with Gasteiger partial charge in [0.05, 0.1) is 0 Å². The fourth-order valence-electron chi connectivity index (χ4n) is 2.54. The Hall–Kier alpha value is -3.33. The lowest BCUT2D eigenvalue weighted by Gasteiger charge is -2.17. The summed E-state index contributed by atoms with van der Waals surface area (Å²) in [5.74, 6) is -10.0.